The van der Waals surface area contributed by atoms with E-state index in [9.17, 15) is 18.0 Å². The van der Waals surface area contributed by atoms with E-state index in [0.717, 1.165) is 29.7 Å². The molecule has 1 saturated heterocycles. The minimum absolute atomic E-state index is 0.219. The number of halogens is 1. The van der Waals surface area contributed by atoms with Crippen LogP contribution in [0.2, 0.25) is 5.02 Å². The number of nitrogens with one attached hydrogen (secondary N) is 1. The van der Waals surface area contributed by atoms with E-state index in [-0.39, 0.29) is 11.5 Å². The first kappa shape index (κ1) is 29.2. The van der Waals surface area contributed by atoms with E-state index in [1.165, 1.54) is 4.31 Å². The Hall–Kier alpha value is -3.34. The molecule has 9 nitrogen and oxygen atoms in total. The lowest BCUT2D eigenvalue weighted by atomic mass is 9.98. The van der Waals surface area contributed by atoms with Gasteiger partial charge in [0.15, 0.2) is 0 Å². The number of anilines is 2. The molecule has 0 spiro atoms. The van der Waals surface area contributed by atoms with Crippen LogP contribution in [-0.4, -0.2) is 70.1 Å². The van der Waals surface area contributed by atoms with Gasteiger partial charge in [-0.25, -0.2) is 18.0 Å². The number of carbonyl (C=O) groups excluding carboxylic acids is 2. The second-order valence-corrected chi connectivity index (χ2v) is 12.7. The molecule has 2 aromatic rings. The van der Waals surface area contributed by atoms with E-state index in [2.05, 4.69) is 16.3 Å². The highest BCUT2D eigenvalue weighted by atomic mass is 35.5. The zero-order chi connectivity index (χ0) is 29.0. The number of fused-ring (bicyclic) bond motifs is 1. The number of benzene rings is 2. The smallest absolute Gasteiger partial charge is 0.329 e. The second-order valence-electron chi connectivity index (χ2n) is 10.3. The van der Waals surface area contributed by atoms with Gasteiger partial charge >= 0.3 is 12.0 Å². The lowest BCUT2D eigenvalue weighted by molar-refractivity contribution is -0.145. The fourth-order valence-electron chi connectivity index (χ4n) is 5.51. The second kappa shape index (κ2) is 12.7. The minimum Gasteiger partial charge on any atom is -0.464 e. The summed E-state index contributed by atoms with van der Waals surface area (Å²) < 4.78 is 33.7. The molecule has 2 aliphatic heterocycles. The molecule has 1 fully saturated rings. The molecule has 1 atom stereocenters. The Bertz CT molecular complexity index is 1470. The third-order valence-electron chi connectivity index (χ3n) is 7.68. The van der Waals surface area contributed by atoms with Gasteiger partial charge in [-0.05, 0) is 74.6 Å². The average Bonchev–Trinajstić information content (AvgIpc) is 3.41. The number of amides is 2. The van der Waals surface area contributed by atoms with Crippen molar-refractivity contribution < 1.29 is 22.7 Å². The zero-order valence-corrected chi connectivity index (χ0v) is 24.7. The van der Waals surface area contributed by atoms with Gasteiger partial charge in [0.2, 0.25) is 10.0 Å². The third kappa shape index (κ3) is 6.60. The molecule has 218 valence electrons. The molecule has 41 heavy (non-hydrogen) atoms. The number of sulfonamides is 1. The Balaban J connectivity index is 1.25. The van der Waals surface area contributed by atoms with Gasteiger partial charge in [-0.2, -0.15) is 4.31 Å². The fraction of sp³-hybridized carbons (Fsp3) is 0.400. The number of rotatable bonds is 8. The summed E-state index contributed by atoms with van der Waals surface area (Å²) in [7, 11) is -3.70. The quantitative estimate of drug-likeness (QED) is 0.449. The van der Waals surface area contributed by atoms with Crippen LogP contribution in [-0.2, 0) is 26.0 Å². The summed E-state index contributed by atoms with van der Waals surface area (Å²) in [5, 5.41) is 3.50. The van der Waals surface area contributed by atoms with Crippen LogP contribution in [0.1, 0.15) is 31.7 Å². The summed E-state index contributed by atoms with van der Waals surface area (Å²) in [6, 6.07) is 11.3. The molecule has 2 aromatic carbocycles. The van der Waals surface area contributed by atoms with Crippen LogP contribution in [0.3, 0.4) is 0 Å². The Morgan fingerprint density at radius 3 is 2.56 bits per heavy atom. The van der Waals surface area contributed by atoms with E-state index < -0.39 is 28.1 Å². The SMILES string of the molecule is CCOC(=O)C(CC1=CC=CCC1)NC(=O)N1CCc2cc(S(=O)(=O)N3CCN(c4cccc(Cl)c4)CC3)ccc21. The third-order valence-corrected chi connectivity index (χ3v) is 9.81. The summed E-state index contributed by atoms with van der Waals surface area (Å²) in [6.45, 7) is 4.21. The highest BCUT2D eigenvalue weighted by molar-refractivity contribution is 7.89. The van der Waals surface area contributed by atoms with E-state index in [1.54, 1.807) is 30.0 Å². The maximum Gasteiger partial charge on any atom is 0.329 e. The van der Waals surface area contributed by atoms with Crippen molar-refractivity contribution in [3.63, 3.8) is 0 Å². The number of hydrogen-bond donors (Lipinski definition) is 1. The summed E-state index contributed by atoms with van der Waals surface area (Å²) in [5.41, 5.74) is 3.49. The largest absolute Gasteiger partial charge is 0.464 e. The molecule has 0 radical (unpaired) electrons. The molecule has 11 heteroatoms. The molecule has 0 bridgehead atoms. The van der Waals surface area contributed by atoms with Gasteiger partial charge in [0.05, 0.1) is 11.5 Å². The van der Waals surface area contributed by atoms with Crippen molar-refractivity contribution in [3.05, 3.63) is 76.9 Å². The predicted octanol–water partition coefficient (Wildman–Crippen LogP) is 4.52. The van der Waals surface area contributed by atoms with Gasteiger partial charge in [-0.3, -0.25) is 4.90 Å². The first-order valence-electron chi connectivity index (χ1n) is 14.0. The highest BCUT2D eigenvalue weighted by Crippen LogP contribution is 2.32. The lowest BCUT2D eigenvalue weighted by Crippen LogP contribution is -2.48. The van der Waals surface area contributed by atoms with Crippen molar-refractivity contribution in [1.82, 2.24) is 9.62 Å². The van der Waals surface area contributed by atoms with E-state index in [1.807, 2.05) is 36.4 Å². The Kier molecular flexibility index (Phi) is 9.01. The summed E-state index contributed by atoms with van der Waals surface area (Å²) in [4.78, 5) is 29.9. The highest BCUT2D eigenvalue weighted by Gasteiger charge is 2.33. The monoisotopic (exact) mass is 598 g/mol. The standard InChI is InChI=1S/C30H35ClN4O5S/c1-2-40-29(36)27(19-22-7-4-3-5-8-22)32-30(37)35-14-13-23-20-26(11-12-28(23)35)41(38,39)34-17-15-33(16-18-34)25-10-6-9-24(31)21-25/h3-4,6-7,9-12,20-21,27H,2,5,8,13-19H2,1H3,(H,32,37). The number of hydrogen-bond acceptors (Lipinski definition) is 6. The first-order chi connectivity index (χ1) is 19.8. The van der Waals surface area contributed by atoms with Gasteiger partial charge in [0, 0.05) is 49.1 Å². The van der Waals surface area contributed by atoms with Crippen molar-refractivity contribution in [2.75, 3.05) is 49.1 Å². The average molecular weight is 599 g/mol. The number of carbonyl (C=O) groups is 2. The lowest BCUT2D eigenvalue weighted by Gasteiger charge is -2.35. The molecular formula is C30H35ClN4O5S. The summed E-state index contributed by atoms with van der Waals surface area (Å²) >= 11 is 6.13. The molecule has 0 saturated carbocycles. The van der Waals surface area contributed by atoms with Gasteiger partial charge in [0.25, 0.3) is 0 Å². The van der Waals surface area contributed by atoms with Crippen LogP contribution >= 0.6 is 11.6 Å². The Labute approximate surface area is 246 Å². The van der Waals surface area contributed by atoms with E-state index in [0.29, 0.717) is 56.3 Å². The molecule has 5 rings (SSSR count). The normalized spacial score (nSPS) is 18.0. The maximum absolute atomic E-state index is 13.5. The molecule has 2 amide bonds. The van der Waals surface area contributed by atoms with E-state index >= 15 is 0 Å². The molecular weight excluding hydrogens is 564 g/mol. The summed E-state index contributed by atoms with van der Waals surface area (Å²) in [5.74, 6) is -0.465. The molecule has 2 heterocycles. The van der Waals surface area contributed by atoms with Crippen LogP contribution in [0.5, 0.6) is 0 Å². The minimum atomic E-state index is -3.70. The predicted molar refractivity (Wildman–Crippen MR) is 160 cm³/mol. The molecule has 0 aromatic heterocycles. The fourth-order valence-corrected chi connectivity index (χ4v) is 7.16. The van der Waals surface area contributed by atoms with Gasteiger partial charge in [-0.15, -0.1) is 0 Å². The number of nitrogens with zero attached hydrogens (tertiary/aromatic N) is 3. The topological polar surface area (TPSA) is 99.3 Å². The van der Waals surface area contributed by atoms with Crippen LogP contribution in [0.25, 0.3) is 0 Å². The van der Waals surface area contributed by atoms with Crippen LogP contribution in [0, 0.1) is 0 Å². The van der Waals surface area contributed by atoms with Gasteiger partial charge < -0.3 is 15.0 Å². The first-order valence-corrected chi connectivity index (χ1v) is 15.8. The van der Waals surface area contributed by atoms with Gasteiger partial charge in [-0.1, -0.05) is 41.5 Å². The zero-order valence-electron chi connectivity index (χ0n) is 23.1. The molecule has 1 unspecified atom stereocenters. The van der Waals surface area contributed by atoms with Crippen LogP contribution < -0.4 is 15.1 Å². The van der Waals surface area contributed by atoms with Crippen molar-refractivity contribution in [1.29, 1.82) is 0 Å². The molecule has 1 N–H and O–H groups in total. The van der Waals surface area contributed by atoms with Gasteiger partial charge in [0.1, 0.15) is 6.04 Å². The van der Waals surface area contributed by atoms with Crippen molar-refractivity contribution in [2.45, 2.75) is 43.5 Å². The van der Waals surface area contributed by atoms with Crippen LogP contribution in [0.4, 0.5) is 16.2 Å². The number of urea groups is 1. The van der Waals surface area contributed by atoms with Crippen molar-refractivity contribution in [2.24, 2.45) is 0 Å². The van der Waals surface area contributed by atoms with Crippen molar-refractivity contribution in [3.8, 4) is 0 Å². The number of piperazine rings is 1. The Morgan fingerprint density at radius 1 is 1.05 bits per heavy atom. The van der Waals surface area contributed by atoms with Crippen LogP contribution in [0.15, 0.2) is 71.2 Å². The number of esters is 1. The Morgan fingerprint density at radius 2 is 1.85 bits per heavy atom. The molecule has 1 aliphatic carbocycles. The van der Waals surface area contributed by atoms with Crippen molar-refractivity contribution >= 4 is 45.0 Å². The maximum atomic E-state index is 13.5. The number of allylic oxidation sites excluding steroid dienone is 3. The molecule has 3 aliphatic rings. The summed E-state index contributed by atoms with van der Waals surface area (Å²) in [6.07, 6.45) is 8.65. The van der Waals surface area contributed by atoms with E-state index in [4.69, 9.17) is 16.3 Å². The number of ether oxygens (including phenoxy) is 1.